The molecule has 106 valence electrons. The van der Waals surface area contributed by atoms with E-state index in [1.54, 1.807) is 25.1 Å². The highest BCUT2D eigenvalue weighted by Crippen LogP contribution is 2.35. The molecule has 0 saturated carbocycles. The van der Waals surface area contributed by atoms with Crippen molar-refractivity contribution in [2.24, 2.45) is 5.73 Å². The van der Waals surface area contributed by atoms with Crippen LogP contribution in [0.2, 0.25) is 5.02 Å². The number of benzene rings is 1. The molecule has 0 aliphatic rings. The molecular weight excluding hydrogens is 298 g/mol. The number of anilines is 1. The Balaban J connectivity index is 2.43. The summed E-state index contributed by atoms with van der Waals surface area (Å²) in [5.74, 6) is -0.843. The molecule has 0 unspecified atom stereocenters. The average Bonchev–Trinajstić information content (AvgIpc) is 2.71. The number of fused-ring (bicyclic) bond motifs is 1. The van der Waals surface area contributed by atoms with Gasteiger partial charge in [-0.15, -0.1) is 11.3 Å². The van der Waals surface area contributed by atoms with Gasteiger partial charge in [0.15, 0.2) is 0 Å². The lowest BCUT2D eigenvalue weighted by Gasteiger charge is -2.18. The van der Waals surface area contributed by atoms with E-state index in [1.165, 1.54) is 16.2 Å². The van der Waals surface area contributed by atoms with E-state index in [9.17, 15) is 9.59 Å². The highest BCUT2D eigenvalue weighted by Gasteiger charge is 2.22. The topological polar surface area (TPSA) is 89.4 Å². The molecule has 0 saturated heterocycles. The maximum Gasteiger partial charge on any atom is 0.266 e. The number of carbonyl (C=O) groups excluding carboxylic acids is 2. The molecule has 0 bridgehead atoms. The molecule has 0 spiro atoms. The zero-order valence-corrected chi connectivity index (χ0v) is 12.4. The van der Waals surface area contributed by atoms with E-state index in [0.717, 1.165) is 10.1 Å². The van der Waals surface area contributed by atoms with E-state index in [1.807, 2.05) is 0 Å². The largest absolute Gasteiger partial charge is 0.397 e. The summed E-state index contributed by atoms with van der Waals surface area (Å²) in [4.78, 5) is 25.2. The Morgan fingerprint density at radius 1 is 1.40 bits per heavy atom. The van der Waals surface area contributed by atoms with Crippen molar-refractivity contribution in [3.63, 3.8) is 0 Å². The highest BCUT2D eigenvalue weighted by atomic mass is 35.5. The number of amides is 2. The normalized spacial score (nSPS) is 10.7. The number of hydrogen-bond donors (Lipinski definition) is 2. The van der Waals surface area contributed by atoms with Crippen LogP contribution in [-0.2, 0) is 4.79 Å². The molecule has 2 amide bonds. The lowest BCUT2D eigenvalue weighted by molar-refractivity contribution is -0.118. The lowest BCUT2D eigenvalue weighted by Crippen LogP contribution is -2.38. The van der Waals surface area contributed by atoms with Gasteiger partial charge in [-0.1, -0.05) is 11.6 Å². The number of nitrogens with zero attached hydrogens (tertiary/aromatic N) is 1. The van der Waals surface area contributed by atoms with Crippen molar-refractivity contribution in [2.75, 3.05) is 18.8 Å². The minimum Gasteiger partial charge on any atom is -0.397 e. The van der Waals surface area contributed by atoms with Crippen LogP contribution in [0.4, 0.5) is 5.69 Å². The van der Waals surface area contributed by atoms with Crippen molar-refractivity contribution in [1.82, 2.24) is 4.90 Å². The Kier molecular flexibility index (Phi) is 4.15. The molecule has 1 aromatic carbocycles. The zero-order valence-electron chi connectivity index (χ0n) is 10.9. The first-order chi connectivity index (χ1) is 9.43. The summed E-state index contributed by atoms with van der Waals surface area (Å²) in [7, 11) is 0. The van der Waals surface area contributed by atoms with Crippen LogP contribution >= 0.6 is 22.9 Å². The number of primary amides is 1. The molecular formula is C13H14ClN3O2S. The van der Waals surface area contributed by atoms with Gasteiger partial charge in [0.25, 0.3) is 5.91 Å². The minimum atomic E-state index is -0.553. The number of halogens is 1. The van der Waals surface area contributed by atoms with Gasteiger partial charge >= 0.3 is 0 Å². The molecule has 2 rings (SSSR count). The maximum atomic E-state index is 12.4. The Morgan fingerprint density at radius 2 is 2.10 bits per heavy atom. The summed E-state index contributed by atoms with van der Waals surface area (Å²) < 4.78 is 0.841. The van der Waals surface area contributed by atoms with Crippen LogP contribution in [0, 0.1) is 0 Å². The van der Waals surface area contributed by atoms with Gasteiger partial charge in [-0.2, -0.15) is 0 Å². The van der Waals surface area contributed by atoms with E-state index in [0.29, 0.717) is 22.1 Å². The second-order valence-corrected chi connectivity index (χ2v) is 5.76. The third kappa shape index (κ3) is 2.71. The van der Waals surface area contributed by atoms with Crippen molar-refractivity contribution in [1.29, 1.82) is 0 Å². The van der Waals surface area contributed by atoms with Gasteiger partial charge < -0.3 is 16.4 Å². The van der Waals surface area contributed by atoms with Crippen LogP contribution in [0.5, 0.6) is 0 Å². The molecule has 0 aliphatic carbocycles. The summed E-state index contributed by atoms with van der Waals surface area (Å²) in [6.07, 6.45) is 0. The fourth-order valence-corrected chi connectivity index (χ4v) is 3.28. The van der Waals surface area contributed by atoms with Gasteiger partial charge in [0.1, 0.15) is 4.88 Å². The third-order valence-corrected chi connectivity index (χ3v) is 4.29. The van der Waals surface area contributed by atoms with E-state index in [-0.39, 0.29) is 12.5 Å². The summed E-state index contributed by atoms with van der Waals surface area (Å²) in [6, 6.07) is 5.27. The van der Waals surface area contributed by atoms with Crippen LogP contribution in [0.15, 0.2) is 18.2 Å². The van der Waals surface area contributed by atoms with Gasteiger partial charge in [0, 0.05) is 21.7 Å². The standard InChI is InChI=1S/C13H14ClN3O2S/c1-2-17(6-10(15)18)13(19)12-11(16)8-4-3-7(14)5-9(8)20-12/h3-5H,2,6,16H2,1H3,(H2,15,18). The average molecular weight is 312 g/mol. The van der Waals surface area contributed by atoms with Gasteiger partial charge in [-0.05, 0) is 25.1 Å². The Bertz CT molecular complexity index is 684. The predicted octanol–water partition coefficient (Wildman–Crippen LogP) is 2.08. The monoisotopic (exact) mass is 311 g/mol. The fraction of sp³-hybridized carbons (Fsp3) is 0.231. The second kappa shape index (κ2) is 5.68. The van der Waals surface area contributed by atoms with Crippen molar-refractivity contribution in [2.45, 2.75) is 6.92 Å². The number of nitrogens with two attached hydrogens (primary N) is 2. The van der Waals surface area contributed by atoms with Crippen molar-refractivity contribution in [3.05, 3.63) is 28.1 Å². The van der Waals surface area contributed by atoms with Gasteiger partial charge in [0.2, 0.25) is 5.91 Å². The molecule has 1 aromatic heterocycles. The molecule has 0 aliphatic heterocycles. The first-order valence-corrected chi connectivity index (χ1v) is 7.18. The number of hydrogen-bond acceptors (Lipinski definition) is 4. The van der Waals surface area contributed by atoms with E-state index in [2.05, 4.69) is 0 Å². The molecule has 2 aromatic rings. The maximum absolute atomic E-state index is 12.4. The summed E-state index contributed by atoms with van der Waals surface area (Å²) in [5, 5.41) is 1.38. The van der Waals surface area contributed by atoms with Crippen molar-refractivity contribution < 1.29 is 9.59 Å². The van der Waals surface area contributed by atoms with Crippen molar-refractivity contribution in [3.8, 4) is 0 Å². The zero-order chi connectivity index (χ0) is 14.9. The van der Waals surface area contributed by atoms with Crippen LogP contribution in [0.3, 0.4) is 0 Å². The molecule has 0 atom stereocenters. The molecule has 7 heteroatoms. The van der Waals surface area contributed by atoms with E-state index in [4.69, 9.17) is 23.1 Å². The second-order valence-electron chi connectivity index (χ2n) is 4.27. The lowest BCUT2D eigenvalue weighted by atomic mass is 10.2. The highest BCUT2D eigenvalue weighted by molar-refractivity contribution is 7.21. The summed E-state index contributed by atoms with van der Waals surface area (Å²) in [5.41, 5.74) is 11.6. The number of nitrogen functional groups attached to an aromatic ring is 1. The third-order valence-electron chi connectivity index (χ3n) is 2.90. The Morgan fingerprint density at radius 3 is 2.70 bits per heavy atom. The Labute approximate surface area is 125 Å². The molecule has 1 heterocycles. The molecule has 20 heavy (non-hydrogen) atoms. The molecule has 5 nitrogen and oxygen atoms in total. The first-order valence-electron chi connectivity index (χ1n) is 5.99. The molecule has 0 radical (unpaired) electrons. The first kappa shape index (κ1) is 14.6. The van der Waals surface area contributed by atoms with Gasteiger partial charge in [-0.3, -0.25) is 9.59 Å². The predicted molar refractivity (Wildman–Crippen MR) is 82.0 cm³/mol. The fourth-order valence-electron chi connectivity index (χ4n) is 1.91. The molecule has 4 N–H and O–H groups in total. The smallest absolute Gasteiger partial charge is 0.266 e. The van der Waals surface area contributed by atoms with Crippen molar-refractivity contribution >= 4 is 50.5 Å². The van der Waals surface area contributed by atoms with Crippen LogP contribution in [-0.4, -0.2) is 29.8 Å². The quantitative estimate of drug-likeness (QED) is 0.906. The summed E-state index contributed by atoms with van der Waals surface area (Å²) in [6.45, 7) is 2.04. The summed E-state index contributed by atoms with van der Waals surface area (Å²) >= 11 is 7.19. The van der Waals surface area contributed by atoms with Gasteiger partial charge in [0.05, 0.1) is 12.2 Å². The van der Waals surface area contributed by atoms with E-state index < -0.39 is 5.91 Å². The number of likely N-dealkylation sites (N-methyl/N-ethyl adjacent to an activating group) is 1. The number of rotatable bonds is 4. The Hall–Kier alpha value is -1.79. The van der Waals surface area contributed by atoms with Crippen LogP contribution in [0.25, 0.3) is 10.1 Å². The van der Waals surface area contributed by atoms with Gasteiger partial charge in [-0.25, -0.2) is 0 Å². The number of carbonyl (C=O) groups is 2. The van der Waals surface area contributed by atoms with E-state index >= 15 is 0 Å². The van der Waals surface area contributed by atoms with Crippen LogP contribution in [0.1, 0.15) is 16.6 Å². The van der Waals surface area contributed by atoms with Crippen LogP contribution < -0.4 is 11.5 Å². The minimum absolute atomic E-state index is 0.121. The molecule has 0 fully saturated rings. The number of thiophene rings is 1. The SMILES string of the molecule is CCN(CC(N)=O)C(=O)c1sc2cc(Cl)ccc2c1N.